The summed E-state index contributed by atoms with van der Waals surface area (Å²) in [4.78, 5) is 3.26. The molecule has 0 unspecified atom stereocenters. The highest BCUT2D eigenvalue weighted by Crippen LogP contribution is 2.28. The summed E-state index contributed by atoms with van der Waals surface area (Å²) < 4.78 is 46.7. The Morgan fingerprint density at radius 2 is 2.12 bits per heavy atom. The SMILES string of the molecule is N#Cc1c(C(F)F)cc(S(=O)(=O)Cl)nc1N. The Morgan fingerprint density at radius 1 is 1.56 bits per heavy atom. The molecule has 0 aliphatic rings. The third-order valence-corrected chi connectivity index (χ3v) is 2.83. The topological polar surface area (TPSA) is 96.8 Å². The number of rotatable bonds is 2. The number of nitrogens with zero attached hydrogens (tertiary/aromatic N) is 2. The van der Waals surface area contributed by atoms with Crippen LogP contribution in [0.15, 0.2) is 11.1 Å². The number of aromatic nitrogens is 1. The van der Waals surface area contributed by atoms with Crippen LogP contribution in [0, 0.1) is 11.3 Å². The maximum Gasteiger partial charge on any atom is 0.278 e. The van der Waals surface area contributed by atoms with Gasteiger partial charge in [0.15, 0.2) is 5.03 Å². The highest BCUT2D eigenvalue weighted by atomic mass is 35.7. The Kier molecular flexibility index (Phi) is 3.30. The van der Waals surface area contributed by atoms with Crippen molar-refractivity contribution < 1.29 is 17.2 Å². The first kappa shape index (κ1) is 12.6. The third kappa shape index (κ3) is 2.37. The number of anilines is 1. The van der Waals surface area contributed by atoms with Crippen molar-refractivity contribution in [1.82, 2.24) is 4.98 Å². The van der Waals surface area contributed by atoms with Gasteiger partial charge in [0.05, 0.1) is 0 Å². The Hall–Kier alpha value is -1.46. The summed E-state index contributed by atoms with van der Waals surface area (Å²) in [7, 11) is 0.661. The second-order valence-corrected chi connectivity index (χ2v) is 5.17. The first-order chi connectivity index (χ1) is 7.27. The molecule has 0 amide bonds. The van der Waals surface area contributed by atoms with E-state index in [0.717, 1.165) is 0 Å². The standard InChI is InChI=1S/C7H4ClF2N3O2S/c8-16(14,15)5-1-3(6(9)10)4(2-11)7(12)13-5/h1,6H,(H2,12,13). The van der Waals surface area contributed by atoms with Crippen LogP contribution in [0.3, 0.4) is 0 Å². The lowest BCUT2D eigenvalue weighted by Gasteiger charge is -2.06. The van der Waals surface area contributed by atoms with Crippen LogP contribution >= 0.6 is 10.7 Å². The Balaban J connectivity index is 3.61. The molecule has 86 valence electrons. The van der Waals surface area contributed by atoms with Crippen LogP contribution < -0.4 is 5.73 Å². The number of halogens is 3. The smallest absolute Gasteiger partial charge is 0.278 e. The number of hydrogen-bond donors (Lipinski definition) is 1. The first-order valence-corrected chi connectivity index (χ1v) is 6.01. The minimum absolute atomic E-state index is 0.530. The predicted octanol–water partition coefficient (Wildman–Crippen LogP) is 1.40. The lowest BCUT2D eigenvalue weighted by molar-refractivity contribution is 0.150. The molecule has 0 aliphatic carbocycles. The molecule has 0 saturated heterocycles. The van der Waals surface area contributed by atoms with Crippen molar-refractivity contribution in [1.29, 1.82) is 5.26 Å². The van der Waals surface area contributed by atoms with E-state index in [4.69, 9.17) is 21.7 Å². The van der Waals surface area contributed by atoms with Crippen molar-refractivity contribution in [2.45, 2.75) is 11.5 Å². The Labute approximate surface area is 93.9 Å². The predicted molar refractivity (Wildman–Crippen MR) is 51.4 cm³/mol. The van der Waals surface area contributed by atoms with E-state index in [1.165, 1.54) is 6.07 Å². The monoisotopic (exact) mass is 267 g/mol. The largest absolute Gasteiger partial charge is 0.383 e. The highest BCUT2D eigenvalue weighted by Gasteiger charge is 2.22. The van der Waals surface area contributed by atoms with Gasteiger partial charge >= 0.3 is 0 Å². The minimum atomic E-state index is -4.27. The second-order valence-electron chi connectivity index (χ2n) is 2.66. The number of alkyl halides is 2. The summed E-state index contributed by atoms with van der Waals surface area (Å²) in [5.74, 6) is -0.598. The van der Waals surface area contributed by atoms with Gasteiger partial charge in [0.1, 0.15) is 17.5 Å². The normalized spacial score (nSPS) is 11.4. The van der Waals surface area contributed by atoms with Crippen LogP contribution in [-0.4, -0.2) is 13.4 Å². The van der Waals surface area contributed by atoms with Gasteiger partial charge in [-0.15, -0.1) is 0 Å². The van der Waals surface area contributed by atoms with E-state index >= 15 is 0 Å². The van der Waals surface area contributed by atoms with Crippen LogP contribution in [-0.2, 0) is 9.05 Å². The zero-order valence-corrected chi connectivity index (χ0v) is 9.06. The van der Waals surface area contributed by atoms with E-state index in [-0.39, 0.29) is 0 Å². The van der Waals surface area contributed by atoms with E-state index in [0.29, 0.717) is 6.07 Å². The fourth-order valence-corrected chi connectivity index (χ4v) is 1.69. The number of pyridine rings is 1. The number of nitrogens with two attached hydrogens (primary N) is 1. The van der Waals surface area contributed by atoms with Crippen LogP contribution in [0.2, 0.25) is 0 Å². The van der Waals surface area contributed by atoms with Crippen molar-refractivity contribution in [3.63, 3.8) is 0 Å². The van der Waals surface area contributed by atoms with Gasteiger partial charge in [-0.1, -0.05) is 0 Å². The van der Waals surface area contributed by atoms with Gasteiger partial charge in [-0.3, -0.25) is 0 Å². The van der Waals surface area contributed by atoms with Crippen molar-refractivity contribution >= 4 is 25.6 Å². The molecule has 0 spiro atoms. The van der Waals surface area contributed by atoms with E-state index in [1.807, 2.05) is 0 Å². The van der Waals surface area contributed by atoms with Gasteiger partial charge in [0.2, 0.25) is 0 Å². The fraction of sp³-hybridized carbons (Fsp3) is 0.143. The van der Waals surface area contributed by atoms with Gasteiger partial charge in [-0.05, 0) is 6.07 Å². The molecule has 0 aromatic carbocycles. The van der Waals surface area contributed by atoms with E-state index in [2.05, 4.69) is 4.98 Å². The second kappa shape index (κ2) is 4.19. The van der Waals surface area contributed by atoms with Gasteiger partial charge in [-0.2, -0.15) is 5.26 Å². The van der Waals surface area contributed by atoms with Gasteiger partial charge in [0, 0.05) is 16.2 Å². The van der Waals surface area contributed by atoms with Gasteiger partial charge in [0.25, 0.3) is 15.5 Å². The molecule has 2 N–H and O–H groups in total. The minimum Gasteiger partial charge on any atom is -0.383 e. The van der Waals surface area contributed by atoms with Crippen LogP contribution in [0.4, 0.5) is 14.6 Å². The van der Waals surface area contributed by atoms with E-state index in [9.17, 15) is 17.2 Å². The molecule has 0 aliphatic heterocycles. The molecule has 1 aromatic rings. The molecule has 0 atom stereocenters. The molecule has 0 saturated carbocycles. The molecular weight excluding hydrogens is 264 g/mol. The lowest BCUT2D eigenvalue weighted by Crippen LogP contribution is -2.05. The average molecular weight is 268 g/mol. The number of hydrogen-bond acceptors (Lipinski definition) is 5. The lowest BCUT2D eigenvalue weighted by atomic mass is 10.1. The van der Waals surface area contributed by atoms with Crippen molar-refractivity contribution in [3.8, 4) is 6.07 Å². The molecule has 5 nitrogen and oxygen atoms in total. The maximum atomic E-state index is 12.5. The molecule has 1 rings (SSSR count). The summed E-state index contributed by atoms with van der Waals surface area (Å²) >= 11 is 0. The van der Waals surface area contributed by atoms with Crippen molar-refractivity contribution in [3.05, 3.63) is 17.2 Å². The Morgan fingerprint density at radius 3 is 2.50 bits per heavy atom. The zero-order valence-electron chi connectivity index (χ0n) is 7.49. The van der Waals surface area contributed by atoms with E-state index < -0.39 is 37.4 Å². The molecule has 0 bridgehead atoms. The maximum absolute atomic E-state index is 12.5. The van der Waals surface area contributed by atoms with Crippen molar-refractivity contribution in [2.75, 3.05) is 5.73 Å². The highest BCUT2D eigenvalue weighted by molar-refractivity contribution is 8.13. The molecule has 1 heterocycles. The molecule has 9 heteroatoms. The quantitative estimate of drug-likeness (QED) is 0.817. The van der Waals surface area contributed by atoms with Gasteiger partial charge < -0.3 is 5.73 Å². The summed E-state index contributed by atoms with van der Waals surface area (Å²) in [6, 6.07) is 1.95. The zero-order chi connectivity index (χ0) is 12.5. The number of nitriles is 1. The number of nitrogen functional groups attached to an aromatic ring is 1. The Bertz CT molecular complexity index is 568. The molecule has 16 heavy (non-hydrogen) atoms. The summed E-state index contributed by atoms with van der Waals surface area (Å²) in [5, 5.41) is 7.75. The first-order valence-electron chi connectivity index (χ1n) is 3.70. The summed E-state index contributed by atoms with van der Waals surface area (Å²) in [6.45, 7) is 0. The van der Waals surface area contributed by atoms with Crippen LogP contribution in [0.1, 0.15) is 17.6 Å². The summed E-state index contributed by atoms with van der Waals surface area (Å²) in [6.07, 6.45) is -3.04. The van der Waals surface area contributed by atoms with Crippen LogP contribution in [0.25, 0.3) is 0 Å². The molecule has 1 aromatic heterocycles. The summed E-state index contributed by atoms with van der Waals surface area (Å²) in [5.41, 5.74) is 3.81. The fourth-order valence-electron chi connectivity index (χ4n) is 0.979. The molecule has 0 radical (unpaired) electrons. The van der Waals surface area contributed by atoms with Crippen molar-refractivity contribution in [2.24, 2.45) is 0 Å². The molecule has 0 fully saturated rings. The van der Waals surface area contributed by atoms with Crippen LogP contribution in [0.5, 0.6) is 0 Å². The average Bonchev–Trinajstić information content (AvgIpc) is 2.14. The third-order valence-electron chi connectivity index (χ3n) is 1.65. The molecular formula is C7H4ClF2N3O2S. The van der Waals surface area contributed by atoms with E-state index in [1.54, 1.807) is 0 Å². The van der Waals surface area contributed by atoms with Gasteiger partial charge in [-0.25, -0.2) is 22.2 Å².